The third-order valence-corrected chi connectivity index (χ3v) is 2.00. The van der Waals surface area contributed by atoms with Crippen molar-refractivity contribution in [3.63, 3.8) is 0 Å². The molecule has 5 heteroatoms. The number of pyridine rings is 1. The van der Waals surface area contributed by atoms with Crippen LogP contribution < -0.4 is 0 Å². The fourth-order valence-electron chi connectivity index (χ4n) is 1.20. The summed E-state index contributed by atoms with van der Waals surface area (Å²) in [5.41, 5.74) is 0.143. The molecular formula is C11H12F3NO. The molecule has 0 saturated carbocycles. The van der Waals surface area contributed by atoms with E-state index in [1.807, 2.05) is 0 Å². The molecular weight excluding hydrogens is 219 g/mol. The zero-order valence-electron chi connectivity index (χ0n) is 8.75. The predicted octanol–water partition coefficient (Wildman–Crippen LogP) is 3.10. The largest absolute Gasteiger partial charge is 0.417 e. The van der Waals surface area contributed by atoms with Crippen molar-refractivity contribution < 1.29 is 18.3 Å². The summed E-state index contributed by atoms with van der Waals surface area (Å²) in [4.78, 5) is 3.59. The van der Waals surface area contributed by atoms with E-state index in [-0.39, 0.29) is 5.69 Å². The van der Waals surface area contributed by atoms with E-state index in [1.165, 1.54) is 6.07 Å². The van der Waals surface area contributed by atoms with E-state index in [0.29, 0.717) is 6.42 Å². The molecule has 16 heavy (non-hydrogen) atoms. The van der Waals surface area contributed by atoms with Crippen molar-refractivity contribution in [1.29, 1.82) is 0 Å². The monoisotopic (exact) mass is 231 g/mol. The van der Waals surface area contributed by atoms with Gasteiger partial charge in [-0.3, -0.25) is 4.98 Å². The van der Waals surface area contributed by atoms with E-state index in [0.717, 1.165) is 17.8 Å². The lowest BCUT2D eigenvalue weighted by Crippen LogP contribution is -2.07. The van der Waals surface area contributed by atoms with E-state index in [1.54, 1.807) is 6.92 Å². The Labute approximate surface area is 91.4 Å². The van der Waals surface area contributed by atoms with E-state index < -0.39 is 17.8 Å². The van der Waals surface area contributed by atoms with Crippen LogP contribution in [-0.4, -0.2) is 10.1 Å². The minimum Gasteiger partial charge on any atom is -0.386 e. The molecule has 1 aromatic rings. The van der Waals surface area contributed by atoms with Crippen molar-refractivity contribution in [2.45, 2.75) is 25.6 Å². The van der Waals surface area contributed by atoms with Crippen LogP contribution in [-0.2, 0) is 6.18 Å². The van der Waals surface area contributed by atoms with Gasteiger partial charge in [-0.25, -0.2) is 0 Å². The average Bonchev–Trinajstić information content (AvgIpc) is 2.15. The molecule has 1 rings (SSSR count). The first-order chi connectivity index (χ1) is 7.30. The highest BCUT2D eigenvalue weighted by molar-refractivity contribution is 5.18. The van der Waals surface area contributed by atoms with Gasteiger partial charge in [0.2, 0.25) is 0 Å². The summed E-state index contributed by atoms with van der Waals surface area (Å²) in [5.74, 6) is 0. The van der Waals surface area contributed by atoms with Crippen LogP contribution in [0.15, 0.2) is 30.5 Å². The number of aromatic nitrogens is 1. The Morgan fingerprint density at radius 2 is 2.12 bits per heavy atom. The number of halogens is 3. The lowest BCUT2D eigenvalue weighted by Gasteiger charge is -2.11. The number of aliphatic hydroxyl groups is 1. The third kappa shape index (κ3) is 3.34. The molecule has 0 saturated heterocycles. The van der Waals surface area contributed by atoms with Crippen LogP contribution in [0.2, 0.25) is 0 Å². The molecule has 0 fully saturated rings. The van der Waals surface area contributed by atoms with Crippen LogP contribution in [0.4, 0.5) is 13.2 Å². The van der Waals surface area contributed by atoms with Crippen molar-refractivity contribution in [1.82, 2.24) is 4.98 Å². The molecule has 1 atom stereocenters. The van der Waals surface area contributed by atoms with E-state index in [2.05, 4.69) is 11.6 Å². The second-order valence-corrected chi connectivity index (χ2v) is 3.65. The topological polar surface area (TPSA) is 33.1 Å². The number of hydrogen-bond acceptors (Lipinski definition) is 2. The Kier molecular flexibility index (Phi) is 3.70. The Bertz CT molecular complexity index is 370. The smallest absolute Gasteiger partial charge is 0.386 e. The van der Waals surface area contributed by atoms with Gasteiger partial charge in [0.1, 0.15) is 0 Å². The third-order valence-electron chi connectivity index (χ3n) is 2.00. The minimum absolute atomic E-state index is 0.219. The summed E-state index contributed by atoms with van der Waals surface area (Å²) in [6.45, 7) is 5.34. The Hall–Kier alpha value is -1.36. The second-order valence-electron chi connectivity index (χ2n) is 3.65. The van der Waals surface area contributed by atoms with Gasteiger partial charge in [-0.05, 0) is 25.5 Å². The SMILES string of the molecule is C=C(C)CC(O)c1ccc(C(F)(F)F)cn1. The van der Waals surface area contributed by atoms with Crippen LogP contribution in [0, 0.1) is 0 Å². The molecule has 0 aliphatic rings. The first-order valence-corrected chi connectivity index (χ1v) is 4.66. The molecule has 0 aliphatic heterocycles. The number of alkyl halides is 3. The van der Waals surface area contributed by atoms with Gasteiger partial charge in [0, 0.05) is 6.20 Å². The number of rotatable bonds is 3. The lowest BCUT2D eigenvalue weighted by atomic mass is 10.1. The maximum absolute atomic E-state index is 12.2. The molecule has 2 nitrogen and oxygen atoms in total. The zero-order valence-corrected chi connectivity index (χ0v) is 8.75. The quantitative estimate of drug-likeness (QED) is 0.811. The standard InChI is InChI=1S/C11H12F3NO/c1-7(2)5-10(16)9-4-3-8(6-15-9)11(12,13)14/h3-4,6,10,16H,1,5H2,2H3. The lowest BCUT2D eigenvalue weighted by molar-refractivity contribution is -0.137. The summed E-state index contributed by atoms with van der Waals surface area (Å²) >= 11 is 0. The molecule has 1 aromatic heterocycles. The number of aliphatic hydroxyl groups excluding tert-OH is 1. The Morgan fingerprint density at radius 3 is 2.50 bits per heavy atom. The van der Waals surface area contributed by atoms with Crippen molar-refractivity contribution in [2.75, 3.05) is 0 Å². The first-order valence-electron chi connectivity index (χ1n) is 4.66. The average molecular weight is 231 g/mol. The molecule has 0 radical (unpaired) electrons. The fraction of sp³-hybridized carbons (Fsp3) is 0.364. The second kappa shape index (κ2) is 4.65. The van der Waals surface area contributed by atoms with Crippen LogP contribution in [0.5, 0.6) is 0 Å². The highest BCUT2D eigenvalue weighted by Gasteiger charge is 2.30. The Balaban J connectivity index is 2.83. The number of nitrogens with zero attached hydrogens (tertiary/aromatic N) is 1. The molecule has 88 valence electrons. The van der Waals surface area contributed by atoms with Crippen molar-refractivity contribution in [3.8, 4) is 0 Å². The van der Waals surface area contributed by atoms with E-state index >= 15 is 0 Å². The Morgan fingerprint density at radius 1 is 1.50 bits per heavy atom. The zero-order chi connectivity index (χ0) is 12.3. The summed E-state index contributed by atoms with van der Waals surface area (Å²) < 4.78 is 36.6. The predicted molar refractivity (Wildman–Crippen MR) is 53.6 cm³/mol. The van der Waals surface area contributed by atoms with Crippen LogP contribution in [0.1, 0.15) is 30.7 Å². The van der Waals surface area contributed by atoms with Crippen LogP contribution >= 0.6 is 0 Å². The summed E-state index contributed by atoms with van der Waals surface area (Å²) in [7, 11) is 0. The molecule has 0 aromatic carbocycles. The van der Waals surface area contributed by atoms with Crippen molar-refractivity contribution in [3.05, 3.63) is 41.7 Å². The molecule has 0 spiro atoms. The summed E-state index contributed by atoms with van der Waals surface area (Å²) in [5, 5.41) is 9.58. The number of hydrogen-bond donors (Lipinski definition) is 1. The molecule has 0 bridgehead atoms. The van der Waals surface area contributed by atoms with Gasteiger partial charge in [0.05, 0.1) is 17.4 Å². The van der Waals surface area contributed by atoms with Gasteiger partial charge < -0.3 is 5.11 Å². The molecule has 1 heterocycles. The van der Waals surface area contributed by atoms with Gasteiger partial charge in [-0.2, -0.15) is 13.2 Å². The van der Waals surface area contributed by atoms with Gasteiger partial charge in [-0.1, -0.05) is 5.57 Å². The highest BCUT2D eigenvalue weighted by atomic mass is 19.4. The van der Waals surface area contributed by atoms with Gasteiger partial charge >= 0.3 is 6.18 Å². The van der Waals surface area contributed by atoms with E-state index in [4.69, 9.17) is 0 Å². The minimum atomic E-state index is -4.40. The summed E-state index contributed by atoms with van der Waals surface area (Å²) in [6.07, 6.45) is -4.29. The van der Waals surface area contributed by atoms with Gasteiger partial charge in [-0.15, -0.1) is 6.58 Å². The first kappa shape index (κ1) is 12.7. The fourth-order valence-corrected chi connectivity index (χ4v) is 1.20. The van der Waals surface area contributed by atoms with Crippen molar-refractivity contribution in [2.24, 2.45) is 0 Å². The van der Waals surface area contributed by atoms with Crippen LogP contribution in [0.25, 0.3) is 0 Å². The van der Waals surface area contributed by atoms with Gasteiger partial charge in [0.15, 0.2) is 0 Å². The van der Waals surface area contributed by atoms with Crippen molar-refractivity contribution >= 4 is 0 Å². The van der Waals surface area contributed by atoms with Gasteiger partial charge in [0.25, 0.3) is 0 Å². The normalized spacial score (nSPS) is 13.6. The molecule has 0 aliphatic carbocycles. The molecule has 1 unspecified atom stereocenters. The maximum Gasteiger partial charge on any atom is 0.417 e. The highest BCUT2D eigenvalue weighted by Crippen LogP contribution is 2.29. The molecule has 0 amide bonds. The maximum atomic E-state index is 12.2. The van der Waals surface area contributed by atoms with E-state index in [9.17, 15) is 18.3 Å². The summed E-state index contributed by atoms with van der Waals surface area (Å²) in [6, 6.07) is 2.08. The van der Waals surface area contributed by atoms with Crippen LogP contribution in [0.3, 0.4) is 0 Å². The molecule has 1 N–H and O–H groups in total.